The quantitative estimate of drug-likeness (QED) is 0.857. The summed E-state index contributed by atoms with van der Waals surface area (Å²) < 4.78 is 0. The predicted octanol–water partition coefficient (Wildman–Crippen LogP) is 2.64. The van der Waals surface area contributed by atoms with Crippen molar-refractivity contribution in [2.45, 2.75) is 6.54 Å². The highest BCUT2D eigenvalue weighted by atomic mass is 35.5. The van der Waals surface area contributed by atoms with Crippen LogP contribution in [0.15, 0.2) is 35.7 Å². The Labute approximate surface area is 126 Å². The van der Waals surface area contributed by atoms with Crippen LogP contribution in [0.25, 0.3) is 0 Å². The lowest BCUT2D eigenvalue weighted by molar-refractivity contribution is 0.0955. The van der Waals surface area contributed by atoms with Gasteiger partial charge in [-0.15, -0.1) is 11.3 Å². The molecule has 102 valence electrons. The summed E-state index contributed by atoms with van der Waals surface area (Å²) in [5.41, 5.74) is 7.00. The minimum absolute atomic E-state index is 0.138. The van der Waals surface area contributed by atoms with Crippen LogP contribution in [-0.2, 0) is 6.54 Å². The first-order chi connectivity index (χ1) is 9.70. The van der Waals surface area contributed by atoms with E-state index in [2.05, 4.69) is 17.2 Å². The van der Waals surface area contributed by atoms with Crippen LogP contribution in [0.1, 0.15) is 20.8 Å². The Balaban J connectivity index is 2.04. The van der Waals surface area contributed by atoms with Crippen LogP contribution < -0.4 is 11.1 Å². The third-order valence-corrected chi connectivity index (χ3v) is 3.69. The fourth-order valence-electron chi connectivity index (χ4n) is 1.64. The number of hydrogen-bond donors (Lipinski definition) is 2. The van der Waals surface area contributed by atoms with Gasteiger partial charge in [0.25, 0.3) is 5.91 Å². The molecule has 0 aliphatic heterocycles. The maximum absolute atomic E-state index is 12.1. The lowest BCUT2D eigenvalue weighted by Crippen LogP contribution is -2.22. The van der Waals surface area contributed by atoms with Crippen molar-refractivity contribution >= 4 is 28.8 Å². The largest absolute Gasteiger partial charge is 0.347 e. The molecule has 1 amide bonds. The highest BCUT2D eigenvalue weighted by Crippen LogP contribution is 2.16. The van der Waals surface area contributed by atoms with E-state index >= 15 is 0 Å². The second-order valence-corrected chi connectivity index (χ2v) is 5.33. The summed E-state index contributed by atoms with van der Waals surface area (Å²) in [4.78, 5) is 12.7. The van der Waals surface area contributed by atoms with Gasteiger partial charge in [0.1, 0.15) is 4.88 Å². The first kappa shape index (κ1) is 14.6. The van der Waals surface area contributed by atoms with Gasteiger partial charge in [-0.25, -0.2) is 0 Å². The van der Waals surface area contributed by atoms with E-state index < -0.39 is 0 Å². The van der Waals surface area contributed by atoms with Crippen LogP contribution in [-0.4, -0.2) is 12.5 Å². The van der Waals surface area contributed by atoms with E-state index in [1.165, 1.54) is 11.3 Å². The van der Waals surface area contributed by atoms with Crippen LogP contribution in [0.2, 0.25) is 5.02 Å². The topological polar surface area (TPSA) is 55.1 Å². The van der Waals surface area contributed by atoms with Crippen molar-refractivity contribution in [1.29, 1.82) is 0 Å². The number of carbonyl (C=O) groups excluding carboxylic acids is 1. The van der Waals surface area contributed by atoms with Gasteiger partial charge in [-0.3, -0.25) is 4.79 Å². The van der Waals surface area contributed by atoms with Crippen molar-refractivity contribution in [3.63, 3.8) is 0 Å². The second kappa shape index (κ2) is 7.11. The molecule has 2 rings (SSSR count). The standard InChI is InChI=1S/C15H13ClN2OS/c16-13-5-1-3-11(9-13)10-18-15(19)14-12(4-2-7-17)6-8-20-14/h1,3,5-6,8-9H,7,10,17H2,(H,18,19). The molecule has 3 N–H and O–H groups in total. The first-order valence-corrected chi connectivity index (χ1v) is 7.25. The number of thiophene rings is 1. The van der Waals surface area contributed by atoms with E-state index in [0.717, 1.165) is 5.56 Å². The maximum Gasteiger partial charge on any atom is 0.262 e. The summed E-state index contributed by atoms with van der Waals surface area (Å²) in [6.45, 7) is 0.709. The van der Waals surface area contributed by atoms with Gasteiger partial charge in [0.05, 0.1) is 6.54 Å². The number of rotatable bonds is 3. The molecule has 2 aromatic rings. The number of benzene rings is 1. The zero-order valence-electron chi connectivity index (χ0n) is 10.7. The fourth-order valence-corrected chi connectivity index (χ4v) is 2.62. The molecular weight excluding hydrogens is 292 g/mol. The minimum Gasteiger partial charge on any atom is -0.347 e. The van der Waals surface area contributed by atoms with Crippen molar-refractivity contribution < 1.29 is 4.79 Å². The Hall–Kier alpha value is -1.80. The molecule has 0 fully saturated rings. The Bertz CT molecular complexity index is 670. The van der Waals surface area contributed by atoms with E-state index in [1.54, 1.807) is 6.07 Å². The van der Waals surface area contributed by atoms with Crippen molar-refractivity contribution in [1.82, 2.24) is 5.32 Å². The van der Waals surface area contributed by atoms with E-state index in [-0.39, 0.29) is 12.5 Å². The smallest absolute Gasteiger partial charge is 0.262 e. The Morgan fingerprint density at radius 3 is 3.00 bits per heavy atom. The lowest BCUT2D eigenvalue weighted by Gasteiger charge is -2.04. The first-order valence-electron chi connectivity index (χ1n) is 6.00. The molecule has 0 atom stereocenters. The molecule has 1 aromatic heterocycles. The minimum atomic E-state index is -0.138. The Morgan fingerprint density at radius 2 is 2.25 bits per heavy atom. The van der Waals surface area contributed by atoms with Crippen LogP contribution in [0, 0.1) is 11.8 Å². The molecule has 20 heavy (non-hydrogen) atoms. The molecule has 0 spiro atoms. The van der Waals surface area contributed by atoms with Crippen LogP contribution >= 0.6 is 22.9 Å². The number of nitrogens with one attached hydrogen (secondary N) is 1. The molecule has 0 radical (unpaired) electrons. The molecule has 3 nitrogen and oxygen atoms in total. The normalized spacial score (nSPS) is 9.70. The van der Waals surface area contributed by atoms with Crippen molar-refractivity contribution in [2.75, 3.05) is 6.54 Å². The average Bonchev–Trinajstić information content (AvgIpc) is 2.91. The van der Waals surface area contributed by atoms with Crippen LogP contribution in [0.3, 0.4) is 0 Å². The van der Waals surface area contributed by atoms with Gasteiger partial charge in [0.2, 0.25) is 0 Å². The highest BCUT2D eigenvalue weighted by molar-refractivity contribution is 7.12. The van der Waals surface area contributed by atoms with Gasteiger partial charge in [-0.1, -0.05) is 35.6 Å². The number of hydrogen-bond acceptors (Lipinski definition) is 3. The molecule has 1 aromatic carbocycles. The number of carbonyl (C=O) groups is 1. The van der Waals surface area contributed by atoms with Gasteiger partial charge < -0.3 is 11.1 Å². The molecule has 0 bridgehead atoms. The van der Waals surface area contributed by atoms with Crippen LogP contribution in [0.4, 0.5) is 0 Å². The van der Waals surface area contributed by atoms with Crippen molar-refractivity contribution in [3.8, 4) is 11.8 Å². The van der Waals surface area contributed by atoms with E-state index in [0.29, 0.717) is 22.0 Å². The monoisotopic (exact) mass is 304 g/mol. The van der Waals surface area contributed by atoms with Gasteiger partial charge >= 0.3 is 0 Å². The third-order valence-electron chi connectivity index (χ3n) is 2.54. The fraction of sp³-hybridized carbons (Fsp3) is 0.133. The lowest BCUT2D eigenvalue weighted by atomic mass is 10.2. The van der Waals surface area contributed by atoms with E-state index in [4.69, 9.17) is 17.3 Å². The number of halogens is 1. The van der Waals surface area contributed by atoms with Gasteiger partial charge in [-0.2, -0.15) is 0 Å². The number of amides is 1. The molecule has 0 aliphatic rings. The molecule has 1 heterocycles. The Morgan fingerprint density at radius 1 is 1.40 bits per heavy atom. The zero-order valence-corrected chi connectivity index (χ0v) is 12.2. The maximum atomic E-state index is 12.1. The van der Waals surface area contributed by atoms with Crippen LogP contribution in [0.5, 0.6) is 0 Å². The molecule has 0 unspecified atom stereocenters. The van der Waals surface area contributed by atoms with Gasteiger partial charge in [0, 0.05) is 17.1 Å². The van der Waals surface area contributed by atoms with E-state index in [9.17, 15) is 4.79 Å². The summed E-state index contributed by atoms with van der Waals surface area (Å²) >= 11 is 7.27. The second-order valence-electron chi connectivity index (χ2n) is 3.98. The molecule has 5 heteroatoms. The summed E-state index contributed by atoms with van der Waals surface area (Å²) in [7, 11) is 0. The molecular formula is C15H13ClN2OS. The number of nitrogens with two attached hydrogens (primary N) is 1. The molecule has 0 saturated carbocycles. The van der Waals surface area contributed by atoms with E-state index in [1.807, 2.05) is 29.6 Å². The van der Waals surface area contributed by atoms with Crippen molar-refractivity contribution in [3.05, 3.63) is 56.7 Å². The summed E-state index contributed by atoms with van der Waals surface area (Å²) in [6, 6.07) is 9.21. The predicted molar refractivity (Wildman–Crippen MR) is 82.9 cm³/mol. The summed E-state index contributed by atoms with van der Waals surface area (Å²) in [5, 5.41) is 5.36. The van der Waals surface area contributed by atoms with Gasteiger partial charge in [0.15, 0.2) is 0 Å². The van der Waals surface area contributed by atoms with Crippen molar-refractivity contribution in [2.24, 2.45) is 5.73 Å². The molecule has 0 aliphatic carbocycles. The summed E-state index contributed by atoms with van der Waals surface area (Å²) in [5.74, 6) is 5.51. The summed E-state index contributed by atoms with van der Waals surface area (Å²) in [6.07, 6.45) is 0. The average molecular weight is 305 g/mol. The van der Waals surface area contributed by atoms with Gasteiger partial charge in [-0.05, 0) is 29.1 Å². The highest BCUT2D eigenvalue weighted by Gasteiger charge is 2.11. The SMILES string of the molecule is NCC#Cc1ccsc1C(=O)NCc1cccc(Cl)c1. The Kier molecular flexibility index (Phi) is 5.19. The third kappa shape index (κ3) is 3.84. The molecule has 0 saturated heterocycles. The zero-order chi connectivity index (χ0) is 14.4.